The number of carbonyl (C=O) groups is 1. The molecule has 1 saturated heterocycles. The molecule has 2 heterocycles. The van der Waals surface area contributed by atoms with Gasteiger partial charge in [-0.1, -0.05) is 13.3 Å². The van der Waals surface area contributed by atoms with Gasteiger partial charge < -0.3 is 10.3 Å². The zero-order valence-corrected chi connectivity index (χ0v) is 14.1. The molecular formula is C15H25N3O3S. The Kier molecular flexibility index (Phi) is 5.63. The van der Waals surface area contributed by atoms with E-state index < -0.39 is 10.0 Å². The summed E-state index contributed by atoms with van der Waals surface area (Å²) in [7, 11) is -3.16. The van der Waals surface area contributed by atoms with Gasteiger partial charge in [0, 0.05) is 24.8 Å². The van der Waals surface area contributed by atoms with Crippen molar-refractivity contribution in [3.05, 3.63) is 23.5 Å². The second-order valence-corrected chi connectivity index (χ2v) is 7.75. The van der Waals surface area contributed by atoms with Gasteiger partial charge in [0.1, 0.15) is 5.69 Å². The Balaban J connectivity index is 1.85. The number of hydrogen-bond acceptors (Lipinski definition) is 3. The second kappa shape index (κ2) is 7.28. The molecule has 6 nitrogen and oxygen atoms in total. The first-order valence-electron chi connectivity index (χ1n) is 7.84. The smallest absolute Gasteiger partial charge is 0.267 e. The van der Waals surface area contributed by atoms with Crippen LogP contribution in [0.25, 0.3) is 0 Å². The van der Waals surface area contributed by atoms with Crippen LogP contribution in [-0.2, 0) is 16.4 Å². The molecule has 1 unspecified atom stereocenters. The van der Waals surface area contributed by atoms with Gasteiger partial charge in [-0.15, -0.1) is 0 Å². The lowest BCUT2D eigenvalue weighted by Gasteiger charge is -2.33. The van der Waals surface area contributed by atoms with E-state index in [4.69, 9.17) is 0 Å². The largest absolute Gasteiger partial charge is 0.354 e. The number of aromatic amines is 1. The first-order valence-corrected chi connectivity index (χ1v) is 9.69. The van der Waals surface area contributed by atoms with Crippen molar-refractivity contribution in [2.45, 2.75) is 45.1 Å². The van der Waals surface area contributed by atoms with Gasteiger partial charge in [-0.2, -0.15) is 4.31 Å². The van der Waals surface area contributed by atoms with Crippen LogP contribution in [0.15, 0.2) is 12.1 Å². The Bertz CT molecular complexity index is 609. The molecular weight excluding hydrogens is 302 g/mol. The number of sulfonamides is 1. The van der Waals surface area contributed by atoms with Gasteiger partial charge in [-0.3, -0.25) is 4.79 Å². The molecule has 1 atom stereocenters. The minimum absolute atomic E-state index is 0.00102. The summed E-state index contributed by atoms with van der Waals surface area (Å²) in [5.41, 5.74) is 1.58. The summed E-state index contributed by atoms with van der Waals surface area (Å²) >= 11 is 0. The van der Waals surface area contributed by atoms with Gasteiger partial charge in [0.25, 0.3) is 5.91 Å². The van der Waals surface area contributed by atoms with Gasteiger partial charge >= 0.3 is 0 Å². The third-order valence-corrected chi connectivity index (χ3v) is 5.47. The van der Waals surface area contributed by atoms with Crippen molar-refractivity contribution in [3.8, 4) is 0 Å². The van der Waals surface area contributed by atoms with E-state index in [-0.39, 0.29) is 11.9 Å². The van der Waals surface area contributed by atoms with Gasteiger partial charge in [-0.25, -0.2) is 8.42 Å². The van der Waals surface area contributed by atoms with Crippen molar-refractivity contribution in [1.29, 1.82) is 0 Å². The maximum Gasteiger partial charge on any atom is 0.267 e. The highest BCUT2D eigenvalue weighted by Gasteiger charge is 2.28. The fourth-order valence-electron chi connectivity index (χ4n) is 2.93. The third-order valence-electron chi connectivity index (χ3n) is 4.13. The first-order chi connectivity index (χ1) is 10.4. The first kappa shape index (κ1) is 17.0. The number of hydrogen-bond donors (Lipinski definition) is 2. The highest BCUT2D eigenvalue weighted by atomic mass is 32.2. The van der Waals surface area contributed by atoms with Gasteiger partial charge in [0.05, 0.1) is 6.26 Å². The normalized spacial score (nSPS) is 20.0. The van der Waals surface area contributed by atoms with Gasteiger partial charge in [-0.05, 0) is 37.8 Å². The Hall–Kier alpha value is -1.34. The van der Waals surface area contributed by atoms with E-state index in [1.54, 1.807) is 10.4 Å². The lowest BCUT2D eigenvalue weighted by molar-refractivity contribution is 0.0945. The van der Waals surface area contributed by atoms with Crippen molar-refractivity contribution in [3.63, 3.8) is 0 Å². The number of nitrogens with one attached hydrogen (secondary N) is 2. The quantitative estimate of drug-likeness (QED) is 0.831. The van der Waals surface area contributed by atoms with Crippen LogP contribution in [0.5, 0.6) is 0 Å². The Labute approximate surface area is 132 Å². The topological polar surface area (TPSA) is 82.3 Å². The number of aromatic nitrogens is 1. The number of nitrogens with zero attached hydrogens (tertiary/aromatic N) is 1. The summed E-state index contributed by atoms with van der Waals surface area (Å²) in [4.78, 5) is 15.1. The van der Waals surface area contributed by atoms with E-state index >= 15 is 0 Å². The molecule has 1 aromatic rings. The monoisotopic (exact) mass is 327 g/mol. The van der Waals surface area contributed by atoms with Crippen LogP contribution in [0.4, 0.5) is 0 Å². The molecule has 1 aliphatic rings. The van der Waals surface area contributed by atoms with Crippen LogP contribution < -0.4 is 5.32 Å². The number of aryl methyl sites for hydroxylation is 1. The van der Waals surface area contributed by atoms with Crippen molar-refractivity contribution < 1.29 is 13.2 Å². The SMILES string of the molecule is CCc1ccc(C(=O)NCCC2CCCCN2S(C)(=O)=O)[nH]1. The van der Waals surface area contributed by atoms with Crippen LogP contribution >= 0.6 is 0 Å². The van der Waals surface area contributed by atoms with E-state index in [9.17, 15) is 13.2 Å². The Morgan fingerprint density at radius 1 is 1.41 bits per heavy atom. The van der Waals surface area contributed by atoms with E-state index in [1.807, 2.05) is 13.0 Å². The second-order valence-electron chi connectivity index (χ2n) is 5.82. The van der Waals surface area contributed by atoms with Crippen LogP contribution in [0.3, 0.4) is 0 Å². The number of rotatable bonds is 6. The summed E-state index contributed by atoms with van der Waals surface area (Å²) in [6, 6.07) is 3.68. The summed E-state index contributed by atoms with van der Waals surface area (Å²) in [6.45, 7) is 3.10. The molecule has 1 amide bonds. The van der Waals surface area contributed by atoms with Crippen LogP contribution in [0.2, 0.25) is 0 Å². The number of H-pyrrole nitrogens is 1. The molecule has 0 radical (unpaired) electrons. The summed E-state index contributed by atoms with van der Waals surface area (Å²) in [5, 5.41) is 2.86. The average Bonchev–Trinajstić information content (AvgIpc) is 2.95. The highest BCUT2D eigenvalue weighted by Crippen LogP contribution is 2.21. The van der Waals surface area contributed by atoms with Gasteiger partial charge in [0.15, 0.2) is 0 Å². The van der Waals surface area contributed by atoms with Crippen molar-refractivity contribution in [1.82, 2.24) is 14.6 Å². The van der Waals surface area contributed by atoms with Crippen molar-refractivity contribution >= 4 is 15.9 Å². The minimum Gasteiger partial charge on any atom is -0.354 e. The maximum atomic E-state index is 12.0. The van der Waals surface area contributed by atoms with Crippen molar-refractivity contribution in [2.75, 3.05) is 19.3 Å². The standard InChI is InChI=1S/C15H25N3O3S/c1-3-12-7-8-14(17-12)15(19)16-10-9-13-6-4-5-11-18(13)22(2,20)21/h7-8,13,17H,3-6,9-11H2,1-2H3,(H,16,19). The summed E-state index contributed by atoms with van der Waals surface area (Å²) < 4.78 is 25.1. The predicted molar refractivity (Wildman–Crippen MR) is 86.3 cm³/mol. The molecule has 2 N–H and O–H groups in total. The van der Waals surface area contributed by atoms with Crippen LogP contribution in [-0.4, -0.2) is 49.0 Å². The average molecular weight is 327 g/mol. The zero-order chi connectivity index (χ0) is 16.2. The third kappa shape index (κ3) is 4.33. The highest BCUT2D eigenvalue weighted by molar-refractivity contribution is 7.88. The molecule has 0 bridgehead atoms. The summed E-state index contributed by atoms with van der Waals surface area (Å²) in [6.07, 6.45) is 5.60. The van der Waals surface area contributed by atoms with E-state index in [0.29, 0.717) is 25.2 Å². The molecule has 1 aliphatic heterocycles. The van der Waals surface area contributed by atoms with Crippen molar-refractivity contribution in [2.24, 2.45) is 0 Å². The van der Waals surface area contributed by atoms with E-state index in [1.165, 1.54) is 6.26 Å². The van der Waals surface area contributed by atoms with Gasteiger partial charge in [0.2, 0.25) is 10.0 Å². The molecule has 124 valence electrons. The van der Waals surface area contributed by atoms with Crippen LogP contribution in [0, 0.1) is 0 Å². The Morgan fingerprint density at radius 3 is 2.82 bits per heavy atom. The molecule has 0 aromatic carbocycles. The molecule has 22 heavy (non-hydrogen) atoms. The molecule has 2 rings (SSSR count). The van der Waals surface area contributed by atoms with E-state index in [0.717, 1.165) is 31.4 Å². The lowest BCUT2D eigenvalue weighted by Crippen LogP contribution is -2.44. The zero-order valence-electron chi connectivity index (χ0n) is 13.3. The number of piperidine rings is 1. The maximum absolute atomic E-state index is 12.0. The summed E-state index contributed by atoms with van der Waals surface area (Å²) in [5.74, 6) is -0.138. The Morgan fingerprint density at radius 2 is 2.18 bits per heavy atom. The molecule has 0 spiro atoms. The molecule has 0 aliphatic carbocycles. The van der Waals surface area contributed by atoms with E-state index in [2.05, 4.69) is 10.3 Å². The molecule has 1 fully saturated rings. The fourth-order valence-corrected chi connectivity index (χ4v) is 4.14. The number of carbonyl (C=O) groups excluding carboxylic acids is 1. The minimum atomic E-state index is -3.16. The molecule has 0 saturated carbocycles. The lowest BCUT2D eigenvalue weighted by atomic mass is 10.0. The number of amides is 1. The molecule has 7 heteroatoms. The van der Waals surface area contributed by atoms with Crippen LogP contribution in [0.1, 0.15) is 48.8 Å². The fraction of sp³-hybridized carbons (Fsp3) is 0.667. The molecule has 1 aromatic heterocycles. The predicted octanol–water partition coefficient (Wildman–Crippen LogP) is 1.51.